The summed E-state index contributed by atoms with van der Waals surface area (Å²) in [7, 11) is 0. The molecule has 1 heterocycles. The van der Waals surface area contributed by atoms with E-state index in [1.165, 1.54) is 0 Å². The molecule has 0 saturated heterocycles. The highest BCUT2D eigenvalue weighted by Crippen LogP contribution is 2.31. The number of fused-ring (bicyclic) bond motifs is 1. The lowest BCUT2D eigenvalue weighted by Crippen LogP contribution is -2.39. The zero-order chi connectivity index (χ0) is 18.7. The maximum atomic E-state index is 12.5. The Labute approximate surface area is 153 Å². The van der Waals surface area contributed by atoms with Crippen LogP contribution in [0.3, 0.4) is 0 Å². The first-order valence-corrected chi connectivity index (χ1v) is 8.71. The number of amides is 1. The summed E-state index contributed by atoms with van der Waals surface area (Å²) in [6.07, 6.45) is 0.811. The van der Waals surface area contributed by atoms with Gasteiger partial charge in [-0.15, -0.1) is 0 Å². The summed E-state index contributed by atoms with van der Waals surface area (Å²) >= 11 is 0. The fourth-order valence-corrected chi connectivity index (χ4v) is 3.30. The van der Waals surface area contributed by atoms with Gasteiger partial charge in [0.1, 0.15) is 5.75 Å². The van der Waals surface area contributed by atoms with Crippen molar-refractivity contribution in [3.63, 3.8) is 0 Å². The molecule has 1 amide bonds. The van der Waals surface area contributed by atoms with Crippen molar-refractivity contribution in [2.45, 2.75) is 33.2 Å². The molecular weight excluding hydrogens is 330 g/mol. The molecule has 1 atom stereocenters. The fraction of sp³-hybridized carbons (Fsp3) is 0.333. The largest absolute Gasteiger partial charge is 0.482 e. The molecule has 2 aromatic rings. The molecular formula is C21H23NO4. The Morgan fingerprint density at radius 1 is 1.12 bits per heavy atom. The van der Waals surface area contributed by atoms with Crippen molar-refractivity contribution in [2.24, 2.45) is 0 Å². The first kappa shape index (κ1) is 18.0. The normalized spacial score (nSPS) is 15.5. The van der Waals surface area contributed by atoms with Gasteiger partial charge in [0.15, 0.2) is 13.2 Å². The minimum Gasteiger partial charge on any atom is -0.482 e. The number of esters is 1. The Balaban J connectivity index is 1.52. The van der Waals surface area contributed by atoms with E-state index in [0.717, 1.165) is 28.8 Å². The van der Waals surface area contributed by atoms with Crippen molar-refractivity contribution in [1.29, 1.82) is 0 Å². The van der Waals surface area contributed by atoms with Gasteiger partial charge in [-0.05, 0) is 50.5 Å². The zero-order valence-electron chi connectivity index (χ0n) is 15.3. The second-order valence-electron chi connectivity index (χ2n) is 6.66. The standard InChI is InChI=1S/C21H23NO4/c1-14-8-9-19(15(2)10-14)25-13-21(24)26-12-20(23)22-16(3)11-17-6-4-5-7-18(17)22/h4-10,16H,11-13H2,1-3H3/t16-/m1/s1. The lowest BCUT2D eigenvalue weighted by molar-refractivity contribution is -0.149. The summed E-state index contributed by atoms with van der Waals surface area (Å²) in [5, 5.41) is 0. The first-order chi connectivity index (χ1) is 12.5. The van der Waals surface area contributed by atoms with Crippen LogP contribution in [-0.4, -0.2) is 31.1 Å². The molecule has 0 spiro atoms. The second-order valence-corrected chi connectivity index (χ2v) is 6.66. The van der Waals surface area contributed by atoms with Gasteiger partial charge < -0.3 is 14.4 Å². The number of para-hydroxylation sites is 1. The highest BCUT2D eigenvalue weighted by Gasteiger charge is 2.30. The SMILES string of the molecule is Cc1ccc(OCC(=O)OCC(=O)N2c3ccccc3C[C@H]2C)c(C)c1. The molecule has 26 heavy (non-hydrogen) atoms. The van der Waals surface area contributed by atoms with E-state index in [0.29, 0.717) is 5.75 Å². The number of rotatable bonds is 5. The van der Waals surface area contributed by atoms with Gasteiger partial charge in [0.25, 0.3) is 5.91 Å². The molecule has 136 valence electrons. The Morgan fingerprint density at radius 2 is 1.88 bits per heavy atom. The van der Waals surface area contributed by atoms with Crippen LogP contribution in [-0.2, 0) is 20.7 Å². The zero-order valence-corrected chi connectivity index (χ0v) is 15.3. The van der Waals surface area contributed by atoms with Crippen LogP contribution in [0.1, 0.15) is 23.6 Å². The van der Waals surface area contributed by atoms with Gasteiger partial charge >= 0.3 is 5.97 Å². The first-order valence-electron chi connectivity index (χ1n) is 8.71. The topological polar surface area (TPSA) is 55.8 Å². The molecule has 0 aliphatic carbocycles. The summed E-state index contributed by atoms with van der Waals surface area (Å²) in [5.41, 5.74) is 4.12. The van der Waals surface area contributed by atoms with Crippen molar-refractivity contribution in [1.82, 2.24) is 0 Å². The molecule has 0 aromatic heterocycles. The maximum Gasteiger partial charge on any atom is 0.344 e. The number of anilines is 1. The van der Waals surface area contributed by atoms with Crippen LogP contribution in [0.15, 0.2) is 42.5 Å². The van der Waals surface area contributed by atoms with Crippen molar-refractivity contribution in [3.8, 4) is 5.75 Å². The molecule has 0 unspecified atom stereocenters. The Hall–Kier alpha value is -2.82. The van der Waals surface area contributed by atoms with Gasteiger partial charge in [-0.1, -0.05) is 35.9 Å². The van der Waals surface area contributed by atoms with E-state index in [4.69, 9.17) is 9.47 Å². The van der Waals surface area contributed by atoms with Crippen LogP contribution in [0, 0.1) is 13.8 Å². The highest BCUT2D eigenvalue weighted by atomic mass is 16.6. The third kappa shape index (κ3) is 3.87. The number of carbonyl (C=O) groups is 2. The summed E-state index contributed by atoms with van der Waals surface area (Å²) in [6, 6.07) is 13.6. The summed E-state index contributed by atoms with van der Waals surface area (Å²) in [4.78, 5) is 26.1. The molecule has 5 heteroatoms. The smallest absolute Gasteiger partial charge is 0.344 e. The van der Waals surface area contributed by atoms with Crippen LogP contribution in [0.4, 0.5) is 5.69 Å². The maximum absolute atomic E-state index is 12.5. The van der Waals surface area contributed by atoms with Crippen LogP contribution >= 0.6 is 0 Å². The van der Waals surface area contributed by atoms with E-state index < -0.39 is 5.97 Å². The molecule has 1 aliphatic rings. The van der Waals surface area contributed by atoms with Crippen LogP contribution in [0.2, 0.25) is 0 Å². The Bertz CT molecular complexity index is 831. The van der Waals surface area contributed by atoms with E-state index >= 15 is 0 Å². The van der Waals surface area contributed by atoms with E-state index in [1.807, 2.05) is 63.2 Å². The highest BCUT2D eigenvalue weighted by molar-refractivity contribution is 5.97. The van der Waals surface area contributed by atoms with Gasteiger partial charge in [-0.3, -0.25) is 4.79 Å². The minimum absolute atomic E-state index is 0.0602. The van der Waals surface area contributed by atoms with Crippen molar-refractivity contribution in [2.75, 3.05) is 18.1 Å². The lowest BCUT2D eigenvalue weighted by atomic mass is 10.1. The predicted molar refractivity (Wildman–Crippen MR) is 99.5 cm³/mol. The van der Waals surface area contributed by atoms with Gasteiger partial charge in [0.2, 0.25) is 0 Å². The number of aryl methyl sites for hydroxylation is 2. The van der Waals surface area contributed by atoms with E-state index in [-0.39, 0.29) is 25.2 Å². The third-order valence-electron chi connectivity index (χ3n) is 4.51. The van der Waals surface area contributed by atoms with Crippen LogP contribution in [0.5, 0.6) is 5.75 Å². The van der Waals surface area contributed by atoms with Crippen LogP contribution in [0.25, 0.3) is 0 Å². The number of carbonyl (C=O) groups excluding carboxylic acids is 2. The van der Waals surface area contributed by atoms with E-state index in [9.17, 15) is 9.59 Å². The number of hydrogen-bond donors (Lipinski definition) is 0. The van der Waals surface area contributed by atoms with Crippen molar-refractivity contribution >= 4 is 17.6 Å². The molecule has 2 aromatic carbocycles. The molecule has 0 bridgehead atoms. The van der Waals surface area contributed by atoms with E-state index in [1.54, 1.807) is 4.90 Å². The van der Waals surface area contributed by atoms with Crippen LogP contribution < -0.4 is 9.64 Å². The van der Waals surface area contributed by atoms with Gasteiger partial charge in [-0.25, -0.2) is 4.79 Å². The fourth-order valence-electron chi connectivity index (χ4n) is 3.30. The van der Waals surface area contributed by atoms with Gasteiger partial charge in [0.05, 0.1) is 0 Å². The van der Waals surface area contributed by atoms with Crippen molar-refractivity contribution < 1.29 is 19.1 Å². The number of nitrogens with zero attached hydrogens (tertiary/aromatic N) is 1. The predicted octanol–water partition coefficient (Wildman–Crippen LogP) is 3.20. The molecule has 0 radical (unpaired) electrons. The molecule has 0 saturated carbocycles. The molecule has 3 rings (SSSR count). The van der Waals surface area contributed by atoms with E-state index in [2.05, 4.69) is 0 Å². The minimum atomic E-state index is -0.557. The molecule has 0 fully saturated rings. The quantitative estimate of drug-likeness (QED) is 0.775. The average Bonchev–Trinajstić information content (AvgIpc) is 2.94. The number of ether oxygens (including phenoxy) is 2. The lowest BCUT2D eigenvalue weighted by Gasteiger charge is -2.22. The number of benzene rings is 2. The van der Waals surface area contributed by atoms with Gasteiger partial charge in [0, 0.05) is 11.7 Å². The third-order valence-corrected chi connectivity index (χ3v) is 4.51. The summed E-state index contributed by atoms with van der Waals surface area (Å²) in [5.74, 6) is -0.137. The summed E-state index contributed by atoms with van der Waals surface area (Å²) in [6.45, 7) is 5.40. The van der Waals surface area contributed by atoms with Gasteiger partial charge in [-0.2, -0.15) is 0 Å². The Morgan fingerprint density at radius 3 is 2.65 bits per heavy atom. The second kappa shape index (κ2) is 7.60. The molecule has 0 N–H and O–H groups in total. The van der Waals surface area contributed by atoms with Crippen molar-refractivity contribution in [3.05, 3.63) is 59.2 Å². The Kier molecular flexibility index (Phi) is 5.26. The molecule has 5 nitrogen and oxygen atoms in total. The number of hydrogen-bond acceptors (Lipinski definition) is 4. The monoisotopic (exact) mass is 353 g/mol. The summed E-state index contributed by atoms with van der Waals surface area (Å²) < 4.78 is 10.6. The average molecular weight is 353 g/mol. The molecule has 1 aliphatic heterocycles.